The van der Waals surface area contributed by atoms with Crippen molar-refractivity contribution in [2.45, 2.75) is 65.0 Å². The summed E-state index contributed by atoms with van der Waals surface area (Å²) < 4.78 is 0. The van der Waals surface area contributed by atoms with E-state index in [0.717, 1.165) is 52.7 Å². The van der Waals surface area contributed by atoms with Gasteiger partial charge in [-0.25, -0.2) is 0 Å². The third-order valence-corrected chi connectivity index (χ3v) is 7.54. The summed E-state index contributed by atoms with van der Waals surface area (Å²) in [6.07, 6.45) is 4.10. The van der Waals surface area contributed by atoms with Crippen LogP contribution in [0.1, 0.15) is 64.9 Å². The van der Waals surface area contributed by atoms with Gasteiger partial charge in [0, 0.05) is 39.8 Å². The summed E-state index contributed by atoms with van der Waals surface area (Å²) >= 11 is 0. The monoisotopic (exact) mass is 521 g/mol. The fraction of sp³-hybridized carbons (Fsp3) is 0.294. The van der Waals surface area contributed by atoms with Gasteiger partial charge in [-0.15, -0.1) is 0 Å². The smallest absolute Gasteiger partial charge is 0.0851 e. The van der Waals surface area contributed by atoms with Gasteiger partial charge in [-0.1, -0.05) is 39.8 Å². The van der Waals surface area contributed by atoms with Crippen molar-refractivity contribution >= 4 is 39.8 Å². The van der Waals surface area contributed by atoms with Gasteiger partial charge in [0.15, 0.2) is 0 Å². The van der Waals surface area contributed by atoms with Crippen LogP contribution in [-0.2, 0) is 0 Å². The minimum atomic E-state index is -0.368. The zero-order valence-corrected chi connectivity index (χ0v) is 23.7. The Morgan fingerprint density at radius 1 is 0.487 bits per heavy atom. The highest BCUT2D eigenvalue weighted by Gasteiger charge is 2.19. The third-order valence-electron chi connectivity index (χ3n) is 7.54. The Morgan fingerprint density at radius 2 is 0.769 bits per heavy atom. The molecule has 0 aromatic heterocycles. The molecular formula is C34H43N5. The van der Waals surface area contributed by atoms with Crippen molar-refractivity contribution in [1.29, 1.82) is 0 Å². The SMILES string of the molecule is CCC(CC)c1ccc(Nc2ccc(Nc3ccc(Nc4ccc(NC(N)(CC)CC)cc4)cc3)cc2)cc1. The van der Waals surface area contributed by atoms with Crippen molar-refractivity contribution in [3.05, 3.63) is 103 Å². The minimum Gasteiger partial charge on any atom is -0.367 e. The summed E-state index contributed by atoms with van der Waals surface area (Å²) in [5.41, 5.74) is 14.8. The first-order chi connectivity index (χ1) is 18.9. The summed E-state index contributed by atoms with van der Waals surface area (Å²) in [5, 5.41) is 13.9. The molecule has 0 aliphatic carbocycles. The van der Waals surface area contributed by atoms with Gasteiger partial charge in [0.25, 0.3) is 0 Å². The Labute approximate surface area is 234 Å². The van der Waals surface area contributed by atoms with Crippen LogP contribution in [0.25, 0.3) is 0 Å². The molecule has 0 heterocycles. The van der Waals surface area contributed by atoms with Crippen LogP contribution in [0.2, 0.25) is 0 Å². The predicted octanol–water partition coefficient (Wildman–Crippen LogP) is 9.71. The second-order valence-corrected chi connectivity index (χ2v) is 10.2. The van der Waals surface area contributed by atoms with Gasteiger partial charge >= 0.3 is 0 Å². The highest BCUT2D eigenvalue weighted by Crippen LogP contribution is 2.27. The van der Waals surface area contributed by atoms with Crippen molar-refractivity contribution in [3.8, 4) is 0 Å². The van der Waals surface area contributed by atoms with E-state index in [2.05, 4.69) is 146 Å². The number of nitrogens with one attached hydrogen (secondary N) is 4. The van der Waals surface area contributed by atoms with Gasteiger partial charge in [-0.2, -0.15) is 0 Å². The molecule has 39 heavy (non-hydrogen) atoms. The first-order valence-corrected chi connectivity index (χ1v) is 14.2. The molecule has 0 fully saturated rings. The Bertz CT molecular complexity index is 1270. The molecule has 5 heteroatoms. The van der Waals surface area contributed by atoms with E-state index in [0.29, 0.717) is 5.92 Å². The second kappa shape index (κ2) is 13.2. The van der Waals surface area contributed by atoms with Crippen LogP contribution in [0, 0.1) is 0 Å². The Kier molecular flexibility index (Phi) is 9.50. The van der Waals surface area contributed by atoms with Gasteiger partial charge in [0.2, 0.25) is 0 Å². The number of rotatable bonds is 13. The zero-order valence-electron chi connectivity index (χ0n) is 23.7. The summed E-state index contributed by atoms with van der Waals surface area (Å²) in [5.74, 6) is 0.641. The molecule has 6 N–H and O–H groups in total. The molecule has 0 radical (unpaired) electrons. The molecule has 0 amide bonds. The molecule has 0 saturated heterocycles. The van der Waals surface area contributed by atoms with Crippen molar-refractivity contribution in [3.63, 3.8) is 0 Å². The molecule has 0 atom stereocenters. The van der Waals surface area contributed by atoms with Crippen LogP contribution < -0.4 is 27.0 Å². The Morgan fingerprint density at radius 3 is 1.05 bits per heavy atom. The largest absolute Gasteiger partial charge is 0.367 e. The van der Waals surface area contributed by atoms with E-state index >= 15 is 0 Å². The normalized spacial score (nSPS) is 11.3. The van der Waals surface area contributed by atoms with Gasteiger partial charge in [0.05, 0.1) is 5.66 Å². The fourth-order valence-corrected chi connectivity index (χ4v) is 4.72. The van der Waals surface area contributed by atoms with E-state index in [1.165, 1.54) is 18.4 Å². The molecule has 204 valence electrons. The molecule has 0 saturated carbocycles. The van der Waals surface area contributed by atoms with Gasteiger partial charge in [0.1, 0.15) is 0 Å². The van der Waals surface area contributed by atoms with Crippen molar-refractivity contribution in [2.24, 2.45) is 5.73 Å². The molecule has 4 aromatic rings. The Balaban J connectivity index is 1.29. The zero-order chi connectivity index (χ0) is 27.7. The van der Waals surface area contributed by atoms with Gasteiger partial charge in [-0.3, -0.25) is 0 Å². The lowest BCUT2D eigenvalue weighted by Gasteiger charge is -2.29. The van der Waals surface area contributed by atoms with Crippen LogP contribution in [0.3, 0.4) is 0 Å². The van der Waals surface area contributed by atoms with Crippen molar-refractivity contribution < 1.29 is 0 Å². The number of hydrogen-bond donors (Lipinski definition) is 5. The van der Waals surface area contributed by atoms with E-state index in [-0.39, 0.29) is 5.66 Å². The van der Waals surface area contributed by atoms with Crippen molar-refractivity contribution in [1.82, 2.24) is 0 Å². The first-order valence-electron chi connectivity index (χ1n) is 14.2. The van der Waals surface area contributed by atoms with Crippen LogP contribution >= 0.6 is 0 Å². The Hall–Kier alpha value is -3.96. The lowest BCUT2D eigenvalue weighted by molar-refractivity contribution is 0.453. The third kappa shape index (κ3) is 7.78. The summed E-state index contributed by atoms with van der Waals surface area (Å²) in [6.45, 7) is 8.72. The van der Waals surface area contributed by atoms with Crippen molar-refractivity contribution in [2.75, 3.05) is 21.3 Å². The molecule has 0 bridgehead atoms. The van der Waals surface area contributed by atoms with E-state index in [1.807, 2.05) is 0 Å². The highest BCUT2D eigenvalue weighted by atomic mass is 15.1. The first kappa shape index (κ1) is 28.1. The van der Waals surface area contributed by atoms with Crippen LogP contribution in [0.4, 0.5) is 39.8 Å². The van der Waals surface area contributed by atoms with Crippen LogP contribution in [-0.4, -0.2) is 5.66 Å². The molecule has 5 nitrogen and oxygen atoms in total. The lowest BCUT2D eigenvalue weighted by Crippen LogP contribution is -2.46. The molecular weight excluding hydrogens is 478 g/mol. The van der Waals surface area contributed by atoms with Crippen LogP contribution in [0.15, 0.2) is 97.1 Å². The number of benzene rings is 4. The van der Waals surface area contributed by atoms with Crippen LogP contribution in [0.5, 0.6) is 0 Å². The highest BCUT2D eigenvalue weighted by molar-refractivity contribution is 5.69. The molecule has 0 aliphatic rings. The van der Waals surface area contributed by atoms with Gasteiger partial charge in [-0.05, 0) is 122 Å². The molecule has 0 spiro atoms. The standard InChI is InChI=1S/C34H43N5/c1-5-25(6-2)26-9-11-27(12-10-26)36-28-13-15-29(16-14-28)37-30-17-19-31(20-18-30)38-32-21-23-33(24-22-32)39-34(35,7-3)8-4/h9-25,36-39H,5-8,35H2,1-4H3. The molecule has 4 rings (SSSR count). The molecule has 4 aromatic carbocycles. The molecule has 0 aliphatic heterocycles. The van der Waals surface area contributed by atoms with E-state index < -0.39 is 0 Å². The van der Waals surface area contributed by atoms with E-state index in [9.17, 15) is 0 Å². The summed E-state index contributed by atoms with van der Waals surface area (Å²) in [4.78, 5) is 0. The number of anilines is 7. The van der Waals surface area contributed by atoms with E-state index in [1.54, 1.807) is 0 Å². The molecule has 0 unspecified atom stereocenters. The quantitative estimate of drug-likeness (QED) is 0.113. The number of nitrogens with two attached hydrogens (primary N) is 1. The topological polar surface area (TPSA) is 74.1 Å². The van der Waals surface area contributed by atoms with Gasteiger partial charge < -0.3 is 27.0 Å². The second-order valence-electron chi connectivity index (χ2n) is 10.2. The summed E-state index contributed by atoms with van der Waals surface area (Å²) in [6, 6.07) is 33.8. The lowest BCUT2D eigenvalue weighted by atomic mass is 9.94. The average Bonchev–Trinajstić information content (AvgIpc) is 2.97. The fourth-order valence-electron chi connectivity index (χ4n) is 4.72. The predicted molar refractivity (Wildman–Crippen MR) is 170 cm³/mol. The summed E-state index contributed by atoms with van der Waals surface area (Å²) in [7, 11) is 0. The number of hydrogen-bond acceptors (Lipinski definition) is 5. The average molecular weight is 522 g/mol. The van der Waals surface area contributed by atoms with E-state index in [4.69, 9.17) is 5.73 Å². The maximum atomic E-state index is 6.38. The maximum absolute atomic E-state index is 6.38. The maximum Gasteiger partial charge on any atom is 0.0851 e. The minimum absolute atomic E-state index is 0.368.